The van der Waals surface area contributed by atoms with Crippen molar-refractivity contribution in [2.75, 3.05) is 6.54 Å². The van der Waals surface area contributed by atoms with Crippen molar-refractivity contribution in [1.29, 1.82) is 0 Å². The monoisotopic (exact) mass is 255 g/mol. The molecule has 0 saturated carbocycles. The lowest BCUT2D eigenvalue weighted by Crippen LogP contribution is -2.36. The smallest absolute Gasteiger partial charge is 0.211 e. The molecule has 0 heterocycles. The summed E-state index contributed by atoms with van der Waals surface area (Å²) in [5.41, 5.74) is -0.0537. The molecule has 96 valence electrons. The van der Waals surface area contributed by atoms with Crippen molar-refractivity contribution in [3.8, 4) is 0 Å². The van der Waals surface area contributed by atoms with Crippen LogP contribution in [0.2, 0.25) is 0 Å². The van der Waals surface area contributed by atoms with Crippen LogP contribution in [0, 0.1) is 11.3 Å². The van der Waals surface area contributed by atoms with Crippen LogP contribution < -0.4 is 4.72 Å². The molecule has 3 nitrogen and oxygen atoms in total. The van der Waals surface area contributed by atoms with E-state index < -0.39 is 10.0 Å². The van der Waals surface area contributed by atoms with Crippen molar-refractivity contribution in [3.05, 3.63) is 30.3 Å². The van der Waals surface area contributed by atoms with Gasteiger partial charge < -0.3 is 0 Å². The van der Waals surface area contributed by atoms with Gasteiger partial charge in [0.05, 0.1) is 4.90 Å². The maximum Gasteiger partial charge on any atom is 0.240 e. The second kappa shape index (κ2) is 5.19. The minimum absolute atomic E-state index is 0.0537. The molecule has 4 heteroatoms. The van der Waals surface area contributed by atoms with E-state index in [2.05, 4.69) is 32.4 Å². The first-order valence-electron chi connectivity index (χ1n) is 5.80. The summed E-state index contributed by atoms with van der Waals surface area (Å²) in [7, 11) is -3.38. The molecule has 1 N–H and O–H groups in total. The summed E-state index contributed by atoms with van der Waals surface area (Å²) in [6.45, 7) is 8.76. The van der Waals surface area contributed by atoms with Gasteiger partial charge >= 0.3 is 0 Å². The molecule has 0 atom stereocenters. The molecule has 1 rings (SSSR count). The van der Waals surface area contributed by atoms with Gasteiger partial charge in [0.15, 0.2) is 0 Å². The van der Waals surface area contributed by atoms with Crippen LogP contribution in [0.4, 0.5) is 0 Å². The van der Waals surface area contributed by atoms with E-state index in [0.717, 1.165) is 0 Å². The molecule has 0 fully saturated rings. The first-order valence-corrected chi connectivity index (χ1v) is 7.29. The highest BCUT2D eigenvalue weighted by Gasteiger charge is 2.25. The van der Waals surface area contributed by atoms with Gasteiger partial charge in [0.25, 0.3) is 0 Å². The third-order valence-corrected chi connectivity index (χ3v) is 4.75. The number of rotatable bonds is 5. The van der Waals surface area contributed by atoms with Gasteiger partial charge in [0.1, 0.15) is 0 Å². The summed E-state index contributed by atoms with van der Waals surface area (Å²) in [4.78, 5) is 0.319. The standard InChI is InChI=1S/C13H21NO2S/c1-11(2)13(3,4)10-14-17(15,16)12-8-6-5-7-9-12/h5-9,11,14H,10H2,1-4H3. The predicted octanol–water partition coefficient (Wildman–Crippen LogP) is 2.65. The summed E-state index contributed by atoms with van der Waals surface area (Å²) < 4.78 is 26.6. The molecule has 0 amide bonds. The molecule has 0 radical (unpaired) electrons. The minimum atomic E-state index is -3.38. The van der Waals surface area contributed by atoms with Gasteiger partial charge in [-0.1, -0.05) is 45.9 Å². The Bertz CT molecular complexity index is 450. The summed E-state index contributed by atoms with van der Waals surface area (Å²) in [6, 6.07) is 8.46. The zero-order valence-corrected chi connectivity index (χ0v) is 11.7. The first-order chi connectivity index (χ1) is 7.76. The average molecular weight is 255 g/mol. The molecular formula is C13H21NO2S. The zero-order chi connectivity index (χ0) is 13.1. The highest BCUT2D eigenvalue weighted by Crippen LogP contribution is 2.25. The Balaban J connectivity index is 2.77. The van der Waals surface area contributed by atoms with Gasteiger partial charge in [-0.3, -0.25) is 0 Å². The van der Waals surface area contributed by atoms with Crippen LogP contribution in [-0.2, 0) is 10.0 Å². The van der Waals surface area contributed by atoms with Gasteiger partial charge in [-0.2, -0.15) is 0 Å². The lowest BCUT2D eigenvalue weighted by Gasteiger charge is -2.29. The largest absolute Gasteiger partial charge is 0.240 e. The molecule has 0 aromatic heterocycles. The van der Waals surface area contributed by atoms with Gasteiger partial charge in [-0.25, -0.2) is 13.1 Å². The molecular weight excluding hydrogens is 234 g/mol. The zero-order valence-electron chi connectivity index (χ0n) is 10.9. The predicted molar refractivity (Wildman–Crippen MR) is 70.2 cm³/mol. The van der Waals surface area contributed by atoms with Crippen LogP contribution in [0.3, 0.4) is 0 Å². The van der Waals surface area contributed by atoms with Crippen LogP contribution in [0.25, 0.3) is 0 Å². The van der Waals surface area contributed by atoms with Crippen LogP contribution in [0.15, 0.2) is 35.2 Å². The minimum Gasteiger partial charge on any atom is -0.211 e. The molecule has 0 spiro atoms. The SMILES string of the molecule is CC(C)C(C)(C)CNS(=O)(=O)c1ccccc1. The van der Waals surface area contributed by atoms with E-state index >= 15 is 0 Å². The fourth-order valence-electron chi connectivity index (χ4n) is 1.17. The molecule has 0 aliphatic rings. The van der Waals surface area contributed by atoms with Crippen molar-refractivity contribution in [3.63, 3.8) is 0 Å². The highest BCUT2D eigenvalue weighted by atomic mass is 32.2. The van der Waals surface area contributed by atoms with Crippen molar-refractivity contribution in [1.82, 2.24) is 4.72 Å². The van der Waals surface area contributed by atoms with E-state index in [1.54, 1.807) is 30.3 Å². The molecule has 0 aliphatic heterocycles. The van der Waals surface area contributed by atoms with Crippen LogP contribution in [0.1, 0.15) is 27.7 Å². The second-order valence-electron chi connectivity index (χ2n) is 5.28. The van der Waals surface area contributed by atoms with Crippen LogP contribution in [-0.4, -0.2) is 15.0 Å². The molecule has 0 aliphatic carbocycles. The summed E-state index contributed by atoms with van der Waals surface area (Å²) in [6.07, 6.45) is 0. The van der Waals surface area contributed by atoms with Gasteiger partial charge in [-0.05, 0) is 23.5 Å². The number of nitrogens with one attached hydrogen (secondary N) is 1. The third-order valence-electron chi connectivity index (χ3n) is 3.33. The van der Waals surface area contributed by atoms with Crippen LogP contribution in [0.5, 0.6) is 0 Å². The number of benzene rings is 1. The second-order valence-corrected chi connectivity index (χ2v) is 7.05. The Morgan fingerprint density at radius 2 is 1.71 bits per heavy atom. The molecule has 0 unspecified atom stereocenters. The molecule has 0 saturated heterocycles. The fraction of sp³-hybridized carbons (Fsp3) is 0.538. The quantitative estimate of drug-likeness (QED) is 0.879. The maximum atomic E-state index is 12.0. The molecule has 1 aromatic carbocycles. The normalized spacial score (nSPS) is 13.0. The summed E-state index contributed by atoms with van der Waals surface area (Å²) >= 11 is 0. The summed E-state index contributed by atoms with van der Waals surface area (Å²) in [5.74, 6) is 0.418. The van der Waals surface area contributed by atoms with Gasteiger partial charge in [0, 0.05) is 6.54 Å². The van der Waals surface area contributed by atoms with Crippen molar-refractivity contribution in [2.24, 2.45) is 11.3 Å². The number of hydrogen-bond donors (Lipinski definition) is 1. The van der Waals surface area contributed by atoms with Crippen LogP contribution >= 0.6 is 0 Å². The van der Waals surface area contributed by atoms with E-state index in [9.17, 15) is 8.42 Å². The van der Waals surface area contributed by atoms with Crippen molar-refractivity contribution < 1.29 is 8.42 Å². The summed E-state index contributed by atoms with van der Waals surface area (Å²) in [5, 5.41) is 0. The maximum absolute atomic E-state index is 12.0. The van der Waals surface area contributed by atoms with Crippen molar-refractivity contribution in [2.45, 2.75) is 32.6 Å². The molecule has 17 heavy (non-hydrogen) atoms. The van der Waals surface area contributed by atoms with E-state index in [-0.39, 0.29) is 5.41 Å². The Labute approximate surface area is 104 Å². The van der Waals surface area contributed by atoms with E-state index in [1.165, 1.54) is 0 Å². The number of hydrogen-bond acceptors (Lipinski definition) is 2. The Hall–Kier alpha value is -0.870. The van der Waals surface area contributed by atoms with Gasteiger partial charge in [-0.15, -0.1) is 0 Å². The molecule has 0 bridgehead atoms. The Kier molecular flexibility index (Phi) is 4.33. The third kappa shape index (κ3) is 3.82. The lowest BCUT2D eigenvalue weighted by atomic mass is 9.81. The van der Waals surface area contributed by atoms with E-state index in [4.69, 9.17) is 0 Å². The first kappa shape index (κ1) is 14.2. The van der Waals surface area contributed by atoms with Gasteiger partial charge in [0.2, 0.25) is 10.0 Å². The molecule has 1 aromatic rings. The highest BCUT2D eigenvalue weighted by molar-refractivity contribution is 7.89. The Morgan fingerprint density at radius 3 is 2.18 bits per heavy atom. The topological polar surface area (TPSA) is 46.2 Å². The average Bonchev–Trinajstić information content (AvgIpc) is 2.28. The van der Waals surface area contributed by atoms with E-state index in [0.29, 0.717) is 17.4 Å². The van der Waals surface area contributed by atoms with E-state index in [1.807, 2.05) is 0 Å². The van der Waals surface area contributed by atoms with Crippen molar-refractivity contribution >= 4 is 10.0 Å². The fourth-order valence-corrected chi connectivity index (χ4v) is 2.41. The Morgan fingerprint density at radius 1 is 1.18 bits per heavy atom. The lowest BCUT2D eigenvalue weighted by molar-refractivity contribution is 0.252. The number of sulfonamides is 1.